The van der Waals surface area contributed by atoms with Crippen LogP contribution >= 0.6 is 0 Å². The molecule has 0 bridgehead atoms. The molecule has 2 fully saturated rings. The van der Waals surface area contributed by atoms with Crippen LogP contribution in [0.2, 0.25) is 0 Å². The van der Waals surface area contributed by atoms with E-state index in [2.05, 4.69) is 19.2 Å². The number of hydrogen-bond donors (Lipinski definition) is 1. The lowest BCUT2D eigenvalue weighted by atomic mass is 9.77. The van der Waals surface area contributed by atoms with Crippen molar-refractivity contribution >= 4 is 9.84 Å². The van der Waals surface area contributed by atoms with E-state index in [9.17, 15) is 8.42 Å². The molecule has 0 aromatic heterocycles. The predicted octanol–water partition coefficient (Wildman–Crippen LogP) is 3.00. The van der Waals surface area contributed by atoms with Crippen LogP contribution in [0.1, 0.15) is 58.8 Å². The molecule has 0 radical (unpaired) electrons. The second kappa shape index (κ2) is 6.78. The van der Waals surface area contributed by atoms with Crippen LogP contribution in [0.4, 0.5) is 0 Å². The van der Waals surface area contributed by atoms with Crippen LogP contribution in [0.5, 0.6) is 0 Å². The Bertz CT molecular complexity index is 403. The summed E-state index contributed by atoms with van der Waals surface area (Å²) in [6.45, 7) is 5.63. The summed E-state index contributed by atoms with van der Waals surface area (Å²) in [5, 5.41) is 3.64. The van der Waals surface area contributed by atoms with Gasteiger partial charge < -0.3 is 5.32 Å². The third-order valence-electron chi connectivity index (χ3n) is 5.34. The summed E-state index contributed by atoms with van der Waals surface area (Å²) in [5.41, 5.74) is 0. The molecule has 2 aliphatic rings. The Balaban J connectivity index is 2.03. The molecule has 2 aliphatic carbocycles. The molecule has 0 aromatic carbocycles. The average molecular weight is 301 g/mol. The van der Waals surface area contributed by atoms with Crippen LogP contribution in [0.3, 0.4) is 0 Å². The molecule has 4 heteroatoms. The number of sulfone groups is 1. The first-order valence-electron chi connectivity index (χ1n) is 8.35. The third-order valence-corrected chi connectivity index (χ3v) is 6.98. The fourth-order valence-corrected chi connectivity index (χ4v) is 5.10. The first-order chi connectivity index (χ1) is 9.43. The topological polar surface area (TPSA) is 46.2 Å². The molecule has 2 rings (SSSR count). The number of hydrogen-bond acceptors (Lipinski definition) is 3. The average Bonchev–Trinajstić information content (AvgIpc) is 3.22. The molecule has 4 unspecified atom stereocenters. The Hall–Kier alpha value is -0.0900. The molecule has 1 N–H and O–H groups in total. The lowest BCUT2D eigenvalue weighted by Gasteiger charge is -2.38. The second-order valence-corrected chi connectivity index (χ2v) is 9.38. The lowest BCUT2D eigenvalue weighted by Crippen LogP contribution is -2.45. The summed E-state index contributed by atoms with van der Waals surface area (Å²) in [6.07, 6.45) is 9.32. The predicted molar refractivity (Wildman–Crippen MR) is 84.6 cm³/mol. The van der Waals surface area contributed by atoms with Crippen molar-refractivity contribution in [2.45, 2.75) is 70.1 Å². The van der Waals surface area contributed by atoms with E-state index in [0.29, 0.717) is 17.9 Å². The van der Waals surface area contributed by atoms with E-state index >= 15 is 0 Å². The van der Waals surface area contributed by atoms with Gasteiger partial charge in [0.1, 0.15) is 9.84 Å². The zero-order valence-corrected chi connectivity index (χ0v) is 14.1. The largest absolute Gasteiger partial charge is 0.313 e. The van der Waals surface area contributed by atoms with Gasteiger partial charge in [0.15, 0.2) is 0 Å². The fraction of sp³-hybridized carbons (Fsp3) is 1.00. The van der Waals surface area contributed by atoms with Crippen LogP contribution in [0, 0.1) is 17.8 Å². The van der Waals surface area contributed by atoms with Crippen molar-refractivity contribution in [1.82, 2.24) is 5.32 Å². The minimum absolute atomic E-state index is 0.0985. The van der Waals surface area contributed by atoms with Crippen LogP contribution in [0.15, 0.2) is 0 Å². The standard InChI is InChI=1S/C16H31NO2S/c1-4-10-17-16(12(2)13-8-9-13)14-6-5-7-15(11-14)20(3,18)19/h12-17H,4-11H2,1-3H3. The van der Waals surface area contributed by atoms with Gasteiger partial charge in [0.05, 0.1) is 5.25 Å². The minimum Gasteiger partial charge on any atom is -0.313 e. The quantitative estimate of drug-likeness (QED) is 0.786. The molecule has 3 nitrogen and oxygen atoms in total. The van der Waals surface area contributed by atoms with Crippen LogP contribution < -0.4 is 5.32 Å². The van der Waals surface area contributed by atoms with Crippen molar-refractivity contribution in [3.8, 4) is 0 Å². The van der Waals surface area contributed by atoms with Crippen LogP contribution in [0.25, 0.3) is 0 Å². The van der Waals surface area contributed by atoms with Crippen molar-refractivity contribution in [3.05, 3.63) is 0 Å². The van der Waals surface area contributed by atoms with Gasteiger partial charge in [0, 0.05) is 12.3 Å². The SMILES string of the molecule is CCCNC(C1CCCC(S(C)(=O)=O)C1)C(C)C1CC1. The first-order valence-corrected chi connectivity index (χ1v) is 10.3. The maximum atomic E-state index is 11.9. The highest BCUT2D eigenvalue weighted by molar-refractivity contribution is 7.91. The monoisotopic (exact) mass is 301 g/mol. The molecule has 20 heavy (non-hydrogen) atoms. The Morgan fingerprint density at radius 3 is 2.40 bits per heavy atom. The van der Waals surface area contributed by atoms with Gasteiger partial charge in [-0.25, -0.2) is 8.42 Å². The van der Waals surface area contributed by atoms with E-state index in [1.807, 2.05) is 0 Å². The summed E-state index contributed by atoms with van der Waals surface area (Å²) in [5.74, 6) is 2.12. The molecule has 0 aromatic rings. The maximum Gasteiger partial charge on any atom is 0.150 e. The van der Waals surface area contributed by atoms with Crippen molar-refractivity contribution in [2.24, 2.45) is 17.8 Å². The summed E-state index contributed by atoms with van der Waals surface area (Å²) in [7, 11) is -2.87. The van der Waals surface area contributed by atoms with Crippen molar-refractivity contribution in [1.29, 1.82) is 0 Å². The van der Waals surface area contributed by atoms with E-state index in [0.717, 1.165) is 38.1 Å². The smallest absolute Gasteiger partial charge is 0.150 e. The third kappa shape index (κ3) is 4.20. The summed E-state index contributed by atoms with van der Waals surface area (Å²) in [6, 6.07) is 0.520. The van der Waals surface area contributed by atoms with Gasteiger partial charge in [0.25, 0.3) is 0 Å². The molecule has 0 heterocycles. The molecule has 2 saturated carbocycles. The molecular formula is C16H31NO2S. The fourth-order valence-electron chi connectivity index (χ4n) is 3.90. The Morgan fingerprint density at radius 1 is 1.15 bits per heavy atom. The summed E-state index contributed by atoms with van der Waals surface area (Å²) < 4.78 is 23.7. The number of rotatable bonds is 7. The molecule has 0 spiro atoms. The Morgan fingerprint density at radius 2 is 1.85 bits per heavy atom. The molecular weight excluding hydrogens is 270 g/mol. The highest BCUT2D eigenvalue weighted by atomic mass is 32.2. The van der Waals surface area contributed by atoms with Crippen LogP contribution in [-0.2, 0) is 9.84 Å². The zero-order valence-electron chi connectivity index (χ0n) is 13.3. The Kier molecular flexibility index (Phi) is 5.52. The van der Waals surface area contributed by atoms with Crippen molar-refractivity contribution in [3.63, 3.8) is 0 Å². The maximum absolute atomic E-state index is 11.9. The zero-order chi connectivity index (χ0) is 14.8. The Labute approximate surface area is 124 Å². The number of nitrogens with one attached hydrogen (secondary N) is 1. The van der Waals surface area contributed by atoms with Gasteiger partial charge in [0.2, 0.25) is 0 Å². The summed E-state index contributed by atoms with van der Waals surface area (Å²) >= 11 is 0. The normalized spacial score (nSPS) is 30.9. The van der Waals surface area contributed by atoms with Crippen molar-refractivity contribution in [2.75, 3.05) is 12.8 Å². The highest BCUT2D eigenvalue weighted by Gasteiger charge is 2.39. The van der Waals surface area contributed by atoms with E-state index in [4.69, 9.17) is 0 Å². The first kappa shape index (κ1) is 16.3. The van der Waals surface area contributed by atoms with E-state index in [1.54, 1.807) is 0 Å². The lowest BCUT2D eigenvalue weighted by molar-refractivity contribution is 0.202. The van der Waals surface area contributed by atoms with Gasteiger partial charge >= 0.3 is 0 Å². The van der Waals surface area contributed by atoms with Crippen molar-refractivity contribution < 1.29 is 8.42 Å². The van der Waals surface area contributed by atoms with E-state index in [-0.39, 0.29) is 5.25 Å². The van der Waals surface area contributed by atoms with Gasteiger partial charge in [-0.15, -0.1) is 0 Å². The summed E-state index contributed by atoms with van der Waals surface area (Å²) in [4.78, 5) is 0. The molecule has 118 valence electrons. The highest BCUT2D eigenvalue weighted by Crippen LogP contribution is 2.42. The van der Waals surface area contributed by atoms with E-state index < -0.39 is 9.84 Å². The molecule has 0 aliphatic heterocycles. The van der Waals surface area contributed by atoms with Gasteiger partial charge in [-0.3, -0.25) is 0 Å². The molecule has 0 saturated heterocycles. The van der Waals surface area contributed by atoms with Gasteiger partial charge in [-0.1, -0.05) is 20.3 Å². The van der Waals surface area contributed by atoms with E-state index in [1.165, 1.54) is 25.5 Å². The van der Waals surface area contributed by atoms with Gasteiger partial charge in [-0.05, 0) is 62.8 Å². The minimum atomic E-state index is -2.87. The van der Waals surface area contributed by atoms with Gasteiger partial charge in [-0.2, -0.15) is 0 Å². The van der Waals surface area contributed by atoms with Crippen LogP contribution in [-0.4, -0.2) is 32.5 Å². The second-order valence-electron chi connectivity index (χ2n) is 7.05. The molecule has 0 amide bonds. The molecule has 4 atom stereocenters.